The van der Waals surface area contributed by atoms with Gasteiger partial charge in [-0.05, 0) is 31.0 Å². The van der Waals surface area contributed by atoms with Gasteiger partial charge in [0.2, 0.25) is 5.91 Å². The zero-order valence-electron chi connectivity index (χ0n) is 11.2. The summed E-state index contributed by atoms with van der Waals surface area (Å²) in [5, 5.41) is 8.81. The standard InChI is InChI=1S/C13H14ClNO5S/c1-15(9-3-4-9)12(16)7-21(19,20)11-6-8(13(17)18)2-5-10(11)14/h2,5-6,9H,3-4,7H2,1H3,(H,17,18). The molecule has 8 heteroatoms. The van der Waals surface area contributed by atoms with Crippen LogP contribution in [0.3, 0.4) is 0 Å². The number of sulfone groups is 1. The van der Waals surface area contributed by atoms with Crippen LogP contribution in [0.5, 0.6) is 0 Å². The van der Waals surface area contributed by atoms with Gasteiger partial charge in [-0.15, -0.1) is 0 Å². The lowest BCUT2D eigenvalue weighted by Gasteiger charge is -2.16. The van der Waals surface area contributed by atoms with E-state index in [2.05, 4.69) is 0 Å². The van der Waals surface area contributed by atoms with E-state index in [1.165, 1.54) is 17.0 Å². The number of halogens is 1. The van der Waals surface area contributed by atoms with Crippen molar-refractivity contribution in [2.45, 2.75) is 23.8 Å². The SMILES string of the molecule is CN(C(=O)CS(=O)(=O)c1cc(C(=O)O)ccc1Cl)C1CC1. The number of hydrogen-bond donors (Lipinski definition) is 1. The van der Waals surface area contributed by atoms with E-state index < -0.39 is 27.5 Å². The highest BCUT2D eigenvalue weighted by Crippen LogP contribution is 2.27. The molecule has 1 aliphatic carbocycles. The van der Waals surface area contributed by atoms with E-state index in [1.54, 1.807) is 7.05 Å². The molecular weight excluding hydrogens is 318 g/mol. The summed E-state index contributed by atoms with van der Waals surface area (Å²) < 4.78 is 24.5. The van der Waals surface area contributed by atoms with Gasteiger partial charge in [-0.1, -0.05) is 11.6 Å². The maximum Gasteiger partial charge on any atom is 0.335 e. The summed E-state index contributed by atoms with van der Waals surface area (Å²) in [6.07, 6.45) is 1.75. The van der Waals surface area contributed by atoms with Gasteiger partial charge in [-0.3, -0.25) is 4.79 Å². The minimum atomic E-state index is -3.98. The minimum absolute atomic E-state index is 0.0955. The predicted octanol–water partition coefficient (Wildman–Crippen LogP) is 1.43. The van der Waals surface area contributed by atoms with E-state index in [1.807, 2.05) is 0 Å². The maximum absolute atomic E-state index is 12.3. The topological polar surface area (TPSA) is 91.8 Å². The summed E-state index contributed by atoms with van der Waals surface area (Å²) in [5.41, 5.74) is -0.194. The number of carboxylic acid groups (broad SMARTS) is 1. The fourth-order valence-corrected chi connectivity index (χ4v) is 3.71. The summed E-state index contributed by atoms with van der Waals surface area (Å²) in [5.74, 6) is -2.50. The van der Waals surface area contributed by atoms with Gasteiger partial charge >= 0.3 is 5.97 Å². The third-order valence-electron chi connectivity index (χ3n) is 3.31. The number of nitrogens with zero attached hydrogens (tertiary/aromatic N) is 1. The number of rotatable bonds is 5. The van der Waals surface area contributed by atoms with Gasteiger partial charge in [-0.25, -0.2) is 13.2 Å². The zero-order valence-corrected chi connectivity index (χ0v) is 12.8. The molecule has 1 N–H and O–H groups in total. The average Bonchev–Trinajstić information content (AvgIpc) is 3.21. The van der Waals surface area contributed by atoms with E-state index in [0.717, 1.165) is 18.9 Å². The molecule has 114 valence electrons. The van der Waals surface area contributed by atoms with Gasteiger partial charge in [0.15, 0.2) is 9.84 Å². The van der Waals surface area contributed by atoms with Crippen molar-refractivity contribution in [3.05, 3.63) is 28.8 Å². The molecule has 0 unspecified atom stereocenters. The molecule has 1 aliphatic rings. The lowest BCUT2D eigenvalue weighted by molar-refractivity contribution is -0.127. The highest BCUT2D eigenvalue weighted by molar-refractivity contribution is 7.92. The van der Waals surface area contributed by atoms with Crippen LogP contribution in [-0.2, 0) is 14.6 Å². The zero-order chi connectivity index (χ0) is 15.8. The van der Waals surface area contributed by atoms with Crippen LogP contribution in [0.25, 0.3) is 0 Å². The van der Waals surface area contributed by atoms with Crippen LogP contribution in [-0.4, -0.2) is 49.1 Å². The Morgan fingerprint density at radius 2 is 2.00 bits per heavy atom. The third-order valence-corrected chi connectivity index (χ3v) is 5.39. The Balaban J connectivity index is 2.28. The van der Waals surface area contributed by atoms with Crippen molar-refractivity contribution in [2.75, 3.05) is 12.8 Å². The van der Waals surface area contributed by atoms with E-state index in [-0.39, 0.29) is 21.5 Å². The quantitative estimate of drug-likeness (QED) is 0.881. The highest BCUT2D eigenvalue weighted by Gasteiger charge is 2.32. The Morgan fingerprint density at radius 1 is 1.38 bits per heavy atom. The molecule has 0 bridgehead atoms. The van der Waals surface area contributed by atoms with Gasteiger partial charge in [0.1, 0.15) is 5.75 Å². The maximum atomic E-state index is 12.3. The highest BCUT2D eigenvalue weighted by atomic mass is 35.5. The molecule has 1 aromatic carbocycles. The molecule has 1 saturated carbocycles. The first-order valence-corrected chi connectivity index (χ1v) is 8.26. The Morgan fingerprint density at radius 3 is 2.52 bits per heavy atom. The van der Waals surface area contributed by atoms with Gasteiger partial charge < -0.3 is 10.0 Å². The predicted molar refractivity (Wildman–Crippen MR) is 76.3 cm³/mol. The van der Waals surface area contributed by atoms with Crippen LogP contribution >= 0.6 is 11.6 Å². The molecule has 0 heterocycles. The molecule has 21 heavy (non-hydrogen) atoms. The van der Waals surface area contributed by atoms with Crippen molar-refractivity contribution in [1.82, 2.24) is 4.90 Å². The third kappa shape index (κ3) is 3.54. The first-order valence-electron chi connectivity index (χ1n) is 6.23. The molecule has 6 nitrogen and oxygen atoms in total. The van der Waals surface area contributed by atoms with Crippen LogP contribution in [0.15, 0.2) is 23.1 Å². The van der Waals surface area contributed by atoms with Crippen molar-refractivity contribution in [3.8, 4) is 0 Å². The van der Waals surface area contributed by atoms with E-state index in [0.29, 0.717) is 0 Å². The molecule has 0 atom stereocenters. The molecule has 0 spiro atoms. The molecule has 1 fully saturated rings. The molecule has 0 aliphatic heterocycles. The summed E-state index contributed by atoms with van der Waals surface area (Å²) in [6.45, 7) is 0. The monoisotopic (exact) mass is 331 g/mol. The van der Waals surface area contributed by atoms with E-state index >= 15 is 0 Å². The molecule has 0 aromatic heterocycles. The number of carbonyl (C=O) groups is 2. The Bertz CT molecular complexity index is 697. The van der Waals surface area contributed by atoms with Gasteiger partial charge in [-0.2, -0.15) is 0 Å². The van der Waals surface area contributed by atoms with Crippen molar-refractivity contribution >= 4 is 33.3 Å². The fraction of sp³-hybridized carbons (Fsp3) is 0.385. The minimum Gasteiger partial charge on any atom is -0.478 e. The molecule has 0 radical (unpaired) electrons. The molecule has 0 saturated heterocycles. The molecule has 1 amide bonds. The second-order valence-electron chi connectivity index (χ2n) is 4.95. The largest absolute Gasteiger partial charge is 0.478 e. The Labute approximate surface area is 127 Å². The molecule has 2 rings (SSSR count). The van der Waals surface area contributed by atoms with Crippen LogP contribution in [0.1, 0.15) is 23.2 Å². The van der Waals surface area contributed by atoms with Crippen LogP contribution in [0.4, 0.5) is 0 Å². The summed E-state index contributed by atoms with van der Waals surface area (Å²) in [4.78, 5) is 23.9. The summed E-state index contributed by atoms with van der Waals surface area (Å²) in [7, 11) is -2.42. The number of aromatic carboxylic acids is 1. The van der Waals surface area contributed by atoms with Gasteiger partial charge in [0.25, 0.3) is 0 Å². The summed E-state index contributed by atoms with van der Waals surface area (Å²) >= 11 is 5.83. The van der Waals surface area contributed by atoms with Gasteiger partial charge in [0, 0.05) is 13.1 Å². The second kappa shape index (κ2) is 5.65. The number of carboxylic acids is 1. The van der Waals surface area contributed by atoms with Crippen LogP contribution in [0, 0.1) is 0 Å². The first-order chi connectivity index (χ1) is 9.72. The number of amides is 1. The van der Waals surface area contributed by atoms with Crippen molar-refractivity contribution < 1.29 is 23.1 Å². The Hall–Kier alpha value is -1.60. The lowest BCUT2D eigenvalue weighted by Crippen LogP contribution is -2.34. The lowest BCUT2D eigenvalue weighted by atomic mass is 10.2. The van der Waals surface area contributed by atoms with Gasteiger partial charge in [0.05, 0.1) is 15.5 Å². The first kappa shape index (κ1) is 15.8. The van der Waals surface area contributed by atoms with Crippen LogP contribution < -0.4 is 0 Å². The van der Waals surface area contributed by atoms with Crippen LogP contribution in [0.2, 0.25) is 5.02 Å². The van der Waals surface area contributed by atoms with E-state index in [9.17, 15) is 18.0 Å². The smallest absolute Gasteiger partial charge is 0.335 e. The second-order valence-corrected chi connectivity index (χ2v) is 7.31. The van der Waals surface area contributed by atoms with Crippen molar-refractivity contribution in [3.63, 3.8) is 0 Å². The van der Waals surface area contributed by atoms with E-state index in [4.69, 9.17) is 16.7 Å². The number of hydrogen-bond acceptors (Lipinski definition) is 4. The molecule has 1 aromatic rings. The van der Waals surface area contributed by atoms with Crippen molar-refractivity contribution in [1.29, 1.82) is 0 Å². The Kier molecular flexibility index (Phi) is 4.25. The normalized spacial score (nSPS) is 14.8. The fourth-order valence-electron chi connectivity index (χ4n) is 1.88. The average molecular weight is 332 g/mol. The molecular formula is C13H14ClNO5S. The summed E-state index contributed by atoms with van der Waals surface area (Å²) in [6, 6.07) is 3.49. The van der Waals surface area contributed by atoms with Crippen molar-refractivity contribution in [2.24, 2.45) is 0 Å². The number of carbonyl (C=O) groups excluding carboxylic acids is 1. The number of benzene rings is 1.